The van der Waals surface area contributed by atoms with E-state index in [0.717, 1.165) is 0 Å². The van der Waals surface area contributed by atoms with Crippen LogP contribution < -0.4 is 5.32 Å². The number of halogens is 3. The Morgan fingerprint density at radius 1 is 1.03 bits per heavy atom. The number of hydrogen-bond donors (Lipinski definition) is 1. The SMILES string of the molecule is O=C(Cc1ccccc1Cl)Nc1cc2c(c(S(=O)(=O)Cl)c1)CN(C(=O)c1ccc(F)cc1)C2. The van der Waals surface area contributed by atoms with Crippen LogP contribution >= 0.6 is 22.3 Å². The van der Waals surface area contributed by atoms with E-state index in [1.54, 1.807) is 30.3 Å². The fourth-order valence-corrected chi connectivity index (χ4v) is 5.08. The van der Waals surface area contributed by atoms with Crippen LogP contribution in [0.1, 0.15) is 27.0 Å². The average molecular weight is 507 g/mol. The van der Waals surface area contributed by atoms with Gasteiger partial charge in [0.05, 0.1) is 11.3 Å². The lowest BCUT2D eigenvalue weighted by Gasteiger charge is -2.15. The first-order chi connectivity index (χ1) is 15.6. The molecule has 0 radical (unpaired) electrons. The minimum absolute atomic E-state index is 0.00507. The number of carbonyl (C=O) groups is 2. The van der Waals surface area contributed by atoms with Gasteiger partial charge in [-0.25, -0.2) is 12.8 Å². The summed E-state index contributed by atoms with van der Waals surface area (Å²) in [5, 5.41) is 3.12. The molecule has 3 aromatic carbocycles. The molecule has 6 nitrogen and oxygen atoms in total. The first kappa shape index (κ1) is 23.2. The summed E-state index contributed by atoms with van der Waals surface area (Å²) < 4.78 is 37.7. The minimum atomic E-state index is -4.16. The van der Waals surface area contributed by atoms with Crippen LogP contribution in [0.25, 0.3) is 0 Å². The predicted octanol–water partition coefficient (Wildman–Crippen LogP) is 4.74. The van der Waals surface area contributed by atoms with Gasteiger partial charge in [0.2, 0.25) is 5.91 Å². The third-order valence-electron chi connectivity index (χ3n) is 5.25. The van der Waals surface area contributed by atoms with Crippen LogP contribution in [-0.2, 0) is 33.4 Å². The molecule has 0 atom stereocenters. The predicted molar refractivity (Wildman–Crippen MR) is 123 cm³/mol. The number of fused-ring (bicyclic) bond motifs is 1. The number of amides is 2. The van der Waals surface area contributed by atoms with E-state index in [-0.39, 0.29) is 41.6 Å². The molecule has 2 amide bonds. The number of anilines is 1. The summed E-state index contributed by atoms with van der Waals surface area (Å²) >= 11 is 6.10. The second kappa shape index (κ2) is 9.13. The van der Waals surface area contributed by atoms with Crippen LogP contribution in [0.2, 0.25) is 5.02 Å². The number of carbonyl (C=O) groups excluding carboxylic acids is 2. The first-order valence-electron chi connectivity index (χ1n) is 9.80. The van der Waals surface area contributed by atoms with Gasteiger partial charge >= 0.3 is 0 Å². The lowest BCUT2D eigenvalue weighted by atomic mass is 10.1. The molecule has 0 spiro atoms. The molecular formula is C23H17Cl2FN2O4S. The van der Waals surface area contributed by atoms with Crippen molar-refractivity contribution in [2.24, 2.45) is 0 Å². The van der Waals surface area contributed by atoms with Gasteiger partial charge in [0.25, 0.3) is 15.0 Å². The van der Waals surface area contributed by atoms with Crippen molar-refractivity contribution in [1.29, 1.82) is 0 Å². The van der Waals surface area contributed by atoms with Crippen molar-refractivity contribution in [1.82, 2.24) is 4.90 Å². The first-order valence-corrected chi connectivity index (χ1v) is 12.5. The van der Waals surface area contributed by atoms with Crippen LogP contribution in [0.5, 0.6) is 0 Å². The van der Waals surface area contributed by atoms with Crippen LogP contribution in [0.15, 0.2) is 65.6 Å². The van der Waals surface area contributed by atoms with E-state index < -0.39 is 20.8 Å². The third kappa shape index (κ3) is 5.19. The maximum Gasteiger partial charge on any atom is 0.261 e. The quantitative estimate of drug-likeness (QED) is 0.506. The molecule has 1 heterocycles. The second-order valence-corrected chi connectivity index (χ2v) is 10.5. The van der Waals surface area contributed by atoms with Gasteiger partial charge in [-0.1, -0.05) is 29.8 Å². The van der Waals surface area contributed by atoms with E-state index in [1.165, 1.54) is 35.2 Å². The summed E-state index contributed by atoms with van der Waals surface area (Å²) in [6.07, 6.45) is -0.00507. The van der Waals surface area contributed by atoms with Crippen LogP contribution in [0, 0.1) is 5.82 Å². The van der Waals surface area contributed by atoms with Crippen LogP contribution in [0.3, 0.4) is 0 Å². The van der Waals surface area contributed by atoms with Crippen molar-refractivity contribution in [3.63, 3.8) is 0 Å². The fourth-order valence-electron chi connectivity index (χ4n) is 3.70. The Balaban J connectivity index is 1.60. The zero-order chi connectivity index (χ0) is 23.8. The Labute approximate surface area is 199 Å². The summed E-state index contributed by atoms with van der Waals surface area (Å²) in [6.45, 7) is 0.125. The summed E-state index contributed by atoms with van der Waals surface area (Å²) in [4.78, 5) is 26.6. The average Bonchev–Trinajstić information content (AvgIpc) is 3.18. The lowest BCUT2D eigenvalue weighted by molar-refractivity contribution is -0.115. The standard InChI is InChI=1S/C23H17Cl2FN2O4S/c24-20-4-2-1-3-15(20)10-22(29)27-18-9-16-12-28(13-19(16)21(11-18)33(25,31)32)23(30)14-5-7-17(26)8-6-14/h1-9,11H,10,12-13H2,(H,27,29). The highest BCUT2D eigenvalue weighted by Crippen LogP contribution is 2.34. The van der Waals surface area contributed by atoms with Gasteiger partial charge < -0.3 is 10.2 Å². The van der Waals surface area contributed by atoms with E-state index in [1.807, 2.05) is 0 Å². The molecule has 0 saturated carbocycles. The molecule has 1 aliphatic rings. The number of nitrogens with one attached hydrogen (secondary N) is 1. The maximum absolute atomic E-state index is 13.2. The van der Waals surface area contributed by atoms with Crippen molar-refractivity contribution in [2.45, 2.75) is 24.4 Å². The molecule has 0 bridgehead atoms. The molecule has 0 unspecified atom stereocenters. The van der Waals surface area contributed by atoms with Crippen molar-refractivity contribution < 1.29 is 22.4 Å². The summed E-state index contributed by atoms with van der Waals surface area (Å²) in [5.41, 5.74) is 2.05. The molecule has 1 N–H and O–H groups in total. The largest absolute Gasteiger partial charge is 0.330 e. The monoisotopic (exact) mass is 506 g/mol. The third-order valence-corrected chi connectivity index (χ3v) is 7.00. The van der Waals surface area contributed by atoms with Crippen molar-refractivity contribution in [3.05, 3.63) is 93.8 Å². The smallest absolute Gasteiger partial charge is 0.261 e. The van der Waals surface area contributed by atoms with Crippen LogP contribution in [-0.4, -0.2) is 25.1 Å². The molecule has 4 rings (SSSR count). The molecule has 170 valence electrons. The molecule has 10 heteroatoms. The van der Waals surface area contributed by atoms with Crippen molar-refractivity contribution in [3.8, 4) is 0 Å². The Morgan fingerprint density at radius 2 is 1.73 bits per heavy atom. The van der Waals surface area contributed by atoms with Gasteiger partial charge in [-0.2, -0.15) is 0 Å². The number of benzene rings is 3. The Hall–Kier alpha value is -2.94. The molecule has 33 heavy (non-hydrogen) atoms. The van der Waals surface area contributed by atoms with Gasteiger partial charge in [-0.05, 0) is 59.2 Å². The van der Waals surface area contributed by atoms with Gasteiger partial charge in [-0.15, -0.1) is 0 Å². The zero-order valence-electron chi connectivity index (χ0n) is 17.0. The Bertz CT molecular complexity index is 1360. The number of nitrogens with zero attached hydrogens (tertiary/aromatic N) is 1. The second-order valence-electron chi connectivity index (χ2n) is 7.53. The molecule has 1 aliphatic heterocycles. The highest BCUT2D eigenvalue weighted by atomic mass is 35.7. The fraction of sp³-hybridized carbons (Fsp3) is 0.130. The van der Waals surface area contributed by atoms with Crippen LogP contribution in [0.4, 0.5) is 10.1 Å². The van der Waals surface area contributed by atoms with E-state index in [2.05, 4.69) is 5.32 Å². The minimum Gasteiger partial charge on any atom is -0.330 e. The Kier molecular flexibility index (Phi) is 6.43. The van der Waals surface area contributed by atoms with Gasteiger partial charge in [0.15, 0.2) is 0 Å². The summed E-state index contributed by atoms with van der Waals surface area (Å²) in [7, 11) is 1.50. The highest BCUT2D eigenvalue weighted by Gasteiger charge is 2.30. The molecule has 0 saturated heterocycles. The van der Waals surface area contributed by atoms with E-state index in [9.17, 15) is 22.4 Å². The number of hydrogen-bond acceptors (Lipinski definition) is 4. The lowest BCUT2D eigenvalue weighted by Crippen LogP contribution is -2.25. The topological polar surface area (TPSA) is 83.6 Å². The van der Waals surface area contributed by atoms with Crippen molar-refractivity contribution in [2.75, 3.05) is 5.32 Å². The maximum atomic E-state index is 13.2. The summed E-state index contributed by atoms with van der Waals surface area (Å²) in [5.74, 6) is -1.24. The van der Waals surface area contributed by atoms with Gasteiger partial charge in [-0.3, -0.25) is 9.59 Å². The van der Waals surface area contributed by atoms with E-state index in [4.69, 9.17) is 22.3 Å². The number of rotatable bonds is 5. The highest BCUT2D eigenvalue weighted by molar-refractivity contribution is 8.13. The molecule has 3 aromatic rings. The normalized spacial score (nSPS) is 13.0. The zero-order valence-corrected chi connectivity index (χ0v) is 19.3. The molecule has 0 aliphatic carbocycles. The molecular weight excluding hydrogens is 490 g/mol. The molecule has 0 aromatic heterocycles. The van der Waals surface area contributed by atoms with Gasteiger partial charge in [0.1, 0.15) is 5.82 Å². The van der Waals surface area contributed by atoms with Crippen molar-refractivity contribution >= 4 is 48.8 Å². The van der Waals surface area contributed by atoms with Gasteiger partial charge in [0, 0.05) is 40.0 Å². The summed E-state index contributed by atoms with van der Waals surface area (Å²) in [6, 6.07) is 14.9. The van der Waals surface area contributed by atoms with E-state index in [0.29, 0.717) is 21.7 Å². The Morgan fingerprint density at radius 3 is 2.39 bits per heavy atom. The molecule has 0 fully saturated rings. The van der Waals surface area contributed by atoms with E-state index >= 15 is 0 Å².